The molecule has 0 saturated carbocycles. The maximum atomic E-state index is 12.0. The summed E-state index contributed by atoms with van der Waals surface area (Å²) in [7, 11) is -4.13. The lowest BCUT2D eigenvalue weighted by Crippen LogP contribution is -2.13. The van der Waals surface area contributed by atoms with Crippen LogP contribution in [0, 0.1) is 10.1 Å². The van der Waals surface area contributed by atoms with E-state index >= 15 is 0 Å². The monoisotopic (exact) mass is 357 g/mol. The molecule has 0 radical (unpaired) electrons. The maximum absolute atomic E-state index is 12.0. The minimum atomic E-state index is -4.13. The lowest BCUT2D eigenvalue weighted by molar-refractivity contribution is -0.384. The van der Waals surface area contributed by atoms with E-state index in [0.29, 0.717) is 10.6 Å². The average Bonchev–Trinajstić information content (AvgIpc) is 2.52. The highest BCUT2D eigenvalue weighted by Gasteiger charge is 2.19. The van der Waals surface area contributed by atoms with Crippen LogP contribution >= 0.6 is 11.6 Å². The molecule has 2 aromatic rings. The van der Waals surface area contributed by atoms with Gasteiger partial charge in [-0.15, -0.1) is 0 Å². The zero-order chi connectivity index (χ0) is 17.0. The van der Waals surface area contributed by atoms with Crippen LogP contribution in [0.5, 0.6) is 0 Å². The second-order valence-corrected chi connectivity index (χ2v) is 6.61. The normalized spacial score (nSPS) is 12.8. The van der Waals surface area contributed by atoms with E-state index in [9.17, 15) is 23.6 Å². The number of hydrogen-bond donors (Lipinski definition) is 1. The second-order valence-electron chi connectivity index (χ2n) is 4.56. The van der Waals surface area contributed by atoms with Crippen molar-refractivity contribution in [2.75, 3.05) is 6.61 Å². The predicted octanol–water partition coefficient (Wildman–Crippen LogP) is 2.69. The van der Waals surface area contributed by atoms with Crippen LogP contribution in [0.1, 0.15) is 11.7 Å². The zero-order valence-corrected chi connectivity index (χ0v) is 13.2. The Morgan fingerprint density at radius 3 is 2.43 bits per heavy atom. The molecule has 0 aliphatic heterocycles. The highest BCUT2D eigenvalue weighted by molar-refractivity contribution is 7.86. The summed E-state index contributed by atoms with van der Waals surface area (Å²) < 4.78 is 28.8. The molecule has 0 spiro atoms. The van der Waals surface area contributed by atoms with E-state index in [0.717, 1.165) is 24.3 Å². The largest absolute Gasteiger partial charge is 0.386 e. The van der Waals surface area contributed by atoms with Gasteiger partial charge in [0.25, 0.3) is 15.8 Å². The van der Waals surface area contributed by atoms with E-state index in [-0.39, 0.29) is 10.6 Å². The van der Waals surface area contributed by atoms with Crippen LogP contribution in [0.3, 0.4) is 0 Å². The minimum Gasteiger partial charge on any atom is -0.386 e. The summed E-state index contributed by atoms with van der Waals surface area (Å²) in [6.07, 6.45) is -1.18. The molecular formula is C14H12ClNO6S. The molecule has 0 fully saturated rings. The maximum Gasteiger partial charge on any atom is 0.297 e. The Morgan fingerprint density at radius 2 is 1.87 bits per heavy atom. The van der Waals surface area contributed by atoms with Gasteiger partial charge in [0.05, 0.1) is 16.4 Å². The standard InChI is InChI=1S/C14H12ClNO6S/c15-11-3-1-2-10(8-11)14(17)9-22-23(20,21)13-6-4-12(5-7-13)16(18)19/h1-8,14,17H,9H2/t14-/m0/s1. The van der Waals surface area contributed by atoms with E-state index in [2.05, 4.69) is 0 Å². The first kappa shape index (κ1) is 17.4. The number of aliphatic hydroxyl groups is 1. The van der Waals surface area contributed by atoms with Crippen molar-refractivity contribution in [2.24, 2.45) is 0 Å². The smallest absolute Gasteiger partial charge is 0.297 e. The first-order valence-corrected chi connectivity index (χ1v) is 8.15. The number of aliphatic hydroxyl groups excluding tert-OH is 1. The number of hydrogen-bond acceptors (Lipinski definition) is 6. The Hall–Kier alpha value is -2.00. The van der Waals surface area contributed by atoms with Crippen molar-refractivity contribution in [1.82, 2.24) is 0 Å². The fraction of sp³-hybridized carbons (Fsp3) is 0.143. The van der Waals surface area contributed by atoms with Gasteiger partial charge in [-0.05, 0) is 29.8 Å². The minimum absolute atomic E-state index is 0.233. The third kappa shape index (κ3) is 4.49. The molecule has 0 aliphatic carbocycles. The Labute approximate surface area is 137 Å². The zero-order valence-electron chi connectivity index (χ0n) is 11.6. The van der Waals surface area contributed by atoms with Crippen molar-refractivity contribution >= 4 is 27.4 Å². The molecule has 2 rings (SSSR count). The van der Waals surface area contributed by atoms with E-state index in [1.807, 2.05) is 0 Å². The SMILES string of the molecule is O=[N+]([O-])c1ccc(S(=O)(=O)OC[C@H](O)c2cccc(Cl)c2)cc1. The Balaban J connectivity index is 2.07. The van der Waals surface area contributed by atoms with Crippen LogP contribution in [0.4, 0.5) is 5.69 Å². The number of benzene rings is 2. The molecule has 0 heterocycles. The Kier molecular flexibility index (Phi) is 5.32. The first-order chi connectivity index (χ1) is 10.8. The molecule has 1 atom stereocenters. The number of nitro benzene ring substituents is 1. The lowest BCUT2D eigenvalue weighted by Gasteiger charge is -2.12. The number of rotatable bonds is 6. The van der Waals surface area contributed by atoms with Crippen molar-refractivity contribution in [3.63, 3.8) is 0 Å². The van der Waals surface area contributed by atoms with Gasteiger partial charge in [-0.1, -0.05) is 23.7 Å². The molecule has 0 unspecified atom stereocenters. The van der Waals surface area contributed by atoms with Gasteiger partial charge in [0.2, 0.25) is 0 Å². The van der Waals surface area contributed by atoms with Gasteiger partial charge in [-0.3, -0.25) is 14.3 Å². The summed E-state index contributed by atoms with van der Waals surface area (Å²) in [5, 5.41) is 20.9. The van der Waals surface area contributed by atoms with Gasteiger partial charge < -0.3 is 5.11 Å². The molecule has 9 heteroatoms. The van der Waals surface area contributed by atoms with E-state index in [1.165, 1.54) is 6.07 Å². The van der Waals surface area contributed by atoms with Gasteiger partial charge in [0.15, 0.2) is 0 Å². The molecule has 0 amide bonds. The summed E-state index contributed by atoms with van der Waals surface area (Å²) in [5.41, 5.74) is 0.180. The Morgan fingerprint density at radius 1 is 1.22 bits per heavy atom. The molecule has 23 heavy (non-hydrogen) atoms. The van der Waals surface area contributed by atoms with Gasteiger partial charge in [0, 0.05) is 17.2 Å². The highest BCUT2D eigenvalue weighted by atomic mass is 35.5. The summed E-state index contributed by atoms with van der Waals surface area (Å²) in [6.45, 7) is -0.500. The summed E-state index contributed by atoms with van der Waals surface area (Å²) >= 11 is 5.79. The van der Waals surface area contributed by atoms with E-state index < -0.39 is 27.8 Å². The predicted molar refractivity (Wildman–Crippen MR) is 82.6 cm³/mol. The number of non-ortho nitro benzene ring substituents is 1. The van der Waals surface area contributed by atoms with Crippen LogP contribution in [0.25, 0.3) is 0 Å². The summed E-state index contributed by atoms with van der Waals surface area (Å²) in [4.78, 5) is 9.67. The summed E-state index contributed by atoms with van der Waals surface area (Å²) in [5.74, 6) is 0. The van der Waals surface area contributed by atoms with E-state index in [1.54, 1.807) is 18.2 Å². The fourth-order valence-corrected chi connectivity index (χ4v) is 2.88. The van der Waals surface area contributed by atoms with Gasteiger partial charge in [-0.2, -0.15) is 8.42 Å². The van der Waals surface area contributed by atoms with Crippen molar-refractivity contribution in [3.8, 4) is 0 Å². The lowest BCUT2D eigenvalue weighted by atomic mass is 10.1. The van der Waals surface area contributed by atoms with Crippen molar-refractivity contribution in [3.05, 3.63) is 69.2 Å². The number of halogens is 1. The molecule has 0 saturated heterocycles. The average molecular weight is 358 g/mol. The van der Waals surface area contributed by atoms with E-state index in [4.69, 9.17) is 15.8 Å². The second kappa shape index (κ2) is 7.05. The molecular weight excluding hydrogens is 346 g/mol. The van der Waals surface area contributed by atoms with Crippen molar-refractivity contribution in [1.29, 1.82) is 0 Å². The first-order valence-electron chi connectivity index (χ1n) is 6.37. The van der Waals surface area contributed by atoms with Gasteiger partial charge in [0.1, 0.15) is 6.10 Å². The quantitative estimate of drug-likeness (QED) is 0.484. The molecule has 0 aliphatic rings. The van der Waals surface area contributed by atoms with Crippen LogP contribution < -0.4 is 0 Å². The molecule has 0 bridgehead atoms. The number of nitrogens with zero attached hydrogens (tertiary/aromatic N) is 1. The molecule has 0 aromatic heterocycles. The van der Waals surface area contributed by atoms with Crippen LogP contribution in [0.15, 0.2) is 53.4 Å². The molecule has 2 aromatic carbocycles. The Bertz CT molecular complexity index is 806. The third-order valence-electron chi connectivity index (χ3n) is 2.95. The third-order valence-corrected chi connectivity index (χ3v) is 4.48. The van der Waals surface area contributed by atoms with Crippen LogP contribution in [0.2, 0.25) is 5.02 Å². The van der Waals surface area contributed by atoms with Gasteiger partial charge in [-0.25, -0.2) is 0 Å². The molecule has 1 N–H and O–H groups in total. The topological polar surface area (TPSA) is 107 Å². The number of nitro groups is 1. The summed E-state index contributed by atoms with van der Waals surface area (Å²) in [6, 6.07) is 10.6. The highest BCUT2D eigenvalue weighted by Crippen LogP contribution is 2.21. The van der Waals surface area contributed by atoms with Crippen LogP contribution in [-0.2, 0) is 14.3 Å². The fourth-order valence-electron chi connectivity index (χ4n) is 1.77. The van der Waals surface area contributed by atoms with Gasteiger partial charge >= 0.3 is 0 Å². The van der Waals surface area contributed by atoms with Crippen LogP contribution in [-0.4, -0.2) is 25.1 Å². The van der Waals surface area contributed by atoms with Crippen molar-refractivity contribution < 1.29 is 22.6 Å². The molecule has 7 nitrogen and oxygen atoms in total. The molecule has 122 valence electrons. The van der Waals surface area contributed by atoms with Crippen molar-refractivity contribution in [2.45, 2.75) is 11.0 Å².